The highest BCUT2D eigenvalue weighted by molar-refractivity contribution is 9.10. The standard InChI is InChI=1S/C20H25BrN4O2/c1-4-13(9-22-5-2)24-19-14-7-6-12(21)8-15(14)17-18(25-19)16(11(3)26)10-23-20(17)27/h6-8,10-11,13,22,26H,4-5,9H2,1-3H3,(H,23,27)(H,24,25)/t11-,13+/m1/s1. The molecule has 0 unspecified atom stereocenters. The van der Waals surface area contributed by atoms with Crippen molar-refractivity contribution in [3.8, 4) is 0 Å². The zero-order valence-corrected chi connectivity index (χ0v) is 17.4. The van der Waals surface area contributed by atoms with Gasteiger partial charge in [0, 0.05) is 39.6 Å². The predicted octanol–water partition coefficient (Wildman–Crippen LogP) is 3.69. The maximum absolute atomic E-state index is 12.6. The van der Waals surface area contributed by atoms with Crippen LogP contribution in [0.2, 0.25) is 0 Å². The smallest absolute Gasteiger partial charge is 0.258 e. The van der Waals surface area contributed by atoms with Crippen LogP contribution in [-0.2, 0) is 0 Å². The first-order valence-electron chi connectivity index (χ1n) is 9.26. The van der Waals surface area contributed by atoms with Crippen molar-refractivity contribution in [2.75, 3.05) is 18.4 Å². The molecule has 0 bridgehead atoms. The molecule has 0 saturated heterocycles. The van der Waals surface area contributed by atoms with Crippen LogP contribution in [0, 0.1) is 0 Å². The van der Waals surface area contributed by atoms with E-state index in [0.717, 1.165) is 40.6 Å². The maximum atomic E-state index is 12.6. The van der Waals surface area contributed by atoms with E-state index in [1.165, 1.54) is 0 Å². The SMILES string of the molecule is CCNC[C@H](CC)Nc1nc2c([C@@H](C)O)c[nH]c(=O)c2c2cc(Br)ccc12. The van der Waals surface area contributed by atoms with Crippen molar-refractivity contribution in [2.45, 2.75) is 39.3 Å². The molecule has 27 heavy (non-hydrogen) atoms. The van der Waals surface area contributed by atoms with Crippen molar-refractivity contribution in [1.82, 2.24) is 15.3 Å². The van der Waals surface area contributed by atoms with Gasteiger partial charge in [0.05, 0.1) is 17.0 Å². The summed E-state index contributed by atoms with van der Waals surface area (Å²) < 4.78 is 0.884. The Labute approximate surface area is 166 Å². The van der Waals surface area contributed by atoms with Gasteiger partial charge in [0.2, 0.25) is 0 Å². The molecule has 0 aliphatic rings. The normalized spacial score (nSPS) is 13.8. The first-order chi connectivity index (χ1) is 13.0. The van der Waals surface area contributed by atoms with Crippen LogP contribution in [0.15, 0.2) is 33.7 Å². The van der Waals surface area contributed by atoms with E-state index in [1.807, 2.05) is 18.2 Å². The molecule has 0 saturated carbocycles. The van der Waals surface area contributed by atoms with Crippen molar-refractivity contribution in [2.24, 2.45) is 0 Å². The number of aromatic amines is 1. The Bertz CT molecular complexity index is 1020. The summed E-state index contributed by atoms with van der Waals surface area (Å²) in [5, 5.41) is 19.2. The molecule has 0 spiro atoms. The summed E-state index contributed by atoms with van der Waals surface area (Å²) in [6.45, 7) is 7.60. The number of hydrogen-bond donors (Lipinski definition) is 4. The van der Waals surface area contributed by atoms with E-state index in [1.54, 1.807) is 13.1 Å². The molecule has 3 rings (SSSR count). The molecule has 0 aliphatic carbocycles. The second-order valence-corrected chi connectivity index (χ2v) is 7.60. The van der Waals surface area contributed by atoms with Gasteiger partial charge in [-0.3, -0.25) is 4.79 Å². The van der Waals surface area contributed by atoms with Crippen LogP contribution in [-0.4, -0.2) is 34.2 Å². The lowest BCUT2D eigenvalue weighted by molar-refractivity contribution is 0.200. The Morgan fingerprint density at radius 1 is 1.30 bits per heavy atom. The van der Waals surface area contributed by atoms with Crippen molar-refractivity contribution >= 4 is 43.4 Å². The summed E-state index contributed by atoms with van der Waals surface area (Å²) in [7, 11) is 0. The highest BCUT2D eigenvalue weighted by Crippen LogP contribution is 2.32. The first kappa shape index (κ1) is 19.8. The molecular formula is C20H25BrN4O2. The number of aliphatic hydroxyl groups excluding tert-OH is 1. The van der Waals surface area contributed by atoms with Gasteiger partial charge in [-0.05, 0) is 38.1 Å². The number of rotatable bonds is 7. The minimum atomic E-state index is -0.738. The number of anilines is 1. The minimum Gasteiger partial charge on any atom is -0.389 e. The molecule has 0 amide bonds. The molecular weight excluding hydrogens is 408 g/mol. The summed E-state index contributed by atoms with van der Waals surface area (Å²) in [6, 6.07) is 6.04. The van der Waals surface area contributed by atoms with Crippen molar-refractivity contribution < 1.29 is 5.11 Å². The number of nitrogens with zero attached hydrogens (tertiary/aromatic N) is 1. The predicted molar refractivity (Wildman–Crippen MR) is 114 cm³/mol. The quantitative estimate of drug-likeness (QED) is 0.427. The zero-order chi connectivity index (χ0) is 19.6. The van der Waals surface area contributed by atoms with E-state index >= 15 is 0 Å². The number of nitrogens with one attached hydrogen (secondary N) is 3. The van der Waals surface area contributed by atoms with Gasteiger partial charge in [-0.15, -0.1) is 0 Å². The molecule has 2 heterocycles. The fourth-order valence-corrected chi connectivity index (χ4v) is 3.61. The van der Waals surface area contributed by atoms with Gasteiger partial charge in [0.15, 0.2) is 0 Å². The monoisotopic (exact) mass is 432 g/mol. The van der Waals surface area contributed by atoms with Crippen LogP contribution in [0.3, 0.4) is 0 Å². The Hall–Kier alpha value is -1.96. The van der Waals surface area contributed by atoms with Gasteiger partial charge in [-0.2, -0.15) is 0 Å². The van der Waals surface area contributed by atoms with Gasteiger partial charge in [-0.25, -0.2) is 4.98 Å². The summed E-state index contributed by atoms with van der Waals surface area (Å²) in [5.41, 5.74) is 0.922. The van der Waals surface area contributed by atoms with Crippen LogP contribution < -0.4 is 16.2 Å². The summed E-state index contributed by atoms with van der Waals surface area (Å²) in [6.07, 6.45) is 1.74. The number of aliphatic hydroxyl groups is 1. The number of likely N-dealkylation sites (N-methyl/N-ethyl adjacent to an activating group) is 1. The van der Waals surface area contributed by atoms with Crippen LogP contribution in [0.5, 0.6) is 0 Å². The van der Waals surface area contributed by atoms with Crippen LogP contribution in [0.25, 0.3) is 21.7 Å². The Morgan fingerprint density at radius 2 is 2.07 bits per heavy atom. The third-order valence-corrected chi connectivity index (χ3v) is 5.24. The maximum Gasteiger partial charge on any atom is 0.258 e. The van der Waals surface area contributed by atoms with Crippen molar-refractivity contribution in [1.29, 1.82) is 0 Å². The molecule has 2 atom stereocenters. The van der Waals surface area contributed by atoms with Gasteiger partial charge in [0.25, 0.3) is 5.56 Å². The molecule has 1 aromatic carbocycles. The lowest BCUT2D eigenvalue weighted by Crippen LogP contribution is -2.32. The molecule has 3 aromatic rings. The van der Waals surface area contributed by atoms with E-state index in [9.17, 15) is 9.90 Å². The summed E-state index contributed by atoms with van der Waals surface area (Å²) in [5.74, 6) is 0.724. The zero-order valence-electron chi connectivity index (χ0n) is 15.8. The average Bonchev–Trinajstić information content (AvgIpc) is 2.64. The third kappa shape index (κ3) is 4.00. The van der Waals surface area contributed by atoms with Crippen molar-refractivity contribution in [3.63, 3.8) is 0 Å². The Morgan fingerprint density at radius 3 is 2.74 bits per heavy atom. The second kappa shape index (κ2) is 8.37. The summed E-state index contributed by atoms with van der Waals surface area (Å²) in [4.78, 5) is 20.1. The molecule has 144 valence electrons. The lowest BCUT2D eigenvalue weighted by atomic mass is 10.0. The third-order valence-electron chi connectivity index (χ3n) is 4.75. The largest absolute Gasteiger partial charge is 0.389 e. The number of hydrogen-bond acceptors (Lipinski definition) is 5. The fourth-order valence-electron chi connectivity index (χ4n) is 3.25. The van der Waals surface area contributed by atoms with Crippen molar-refractivity contribution in [3.05, 3.63) is 44.8 Å². The van der Waals surface area contributed by atoms with Gasteiger partial charge in [0.1, 0.15) is 5.82 Å². The number of halogens is 1. The van der Waals surface area contributed by atoms with E-state index in [-0.39, 0.29) is 11.6 Å². The molecule has 4 N–H and O–H groups in total. The molecule has 7 heteroatoms. The molecule has 2 aromatic heterocycles. The number of aromatic nitrogens is 2. The van der Waals surface area contributed by atoms with E-state index < -0.39 is 6.10 Å². The Balaban J connectivity index is 2.29. The Kier molecular flexibility index (Phi) is 6.14. The van der Waals surface area contributed by atoms with Crippen LogP contribution in [0.4, 0.5) is 5.82 Å². The highest BCUT2D eigenvalue weighted by atomic mass is 79.9. The average molecular weight is 433 g/mol. The number of pyridine rings is 2. The summed E-state index contributed by atoms with van der Waals surface area (Å²) >= 11 is 3.50. The molecule has 0 fully saturated rings. The second-order valence-electron chi connectivity index (χ2n) is 6.68. The first-order valence-corrected chi connectivity index (χ1v) is 10.0. The number of fused-ring (bicyclic) bond motifs is 3. The van der Waals surface area contributed by atoms with Gasteiger partial charge < -0.3 is 20.7 Å². The van der Waals surface area contributed by atoms with Gasteiger partial charge in [-0.1, -0.05) is 29.8 Å². The number of benzene rings is 1. The topological polar surface area (TPSA) is 90.0 Å². The minimum absolute atomic E-state index is 0.207. The van der Waals surface area contributed by atoms with Gasteiger partial charge >= 0.3 is 0 Å². The van der Waals surface area contributed by atoms with E-state index in [0.29, 0.717) is 16.5 Å². The highest BCUT2D eigenvalue weighted by Gasteiger charge is 2.18. The molecule has 0 radical (unpaired) electrons. The fraction of sp³-hybridized carbons (Fsp3) is 0.400. The number of H-pyrrole nitrogens is 1. The van der Waals surface area contributed by atoms with Crippen LogP contribution in [0.1, 0.15) is 38.9 Å². The lowest BCUT2D eigenvalue weighted by Gasteiger charge is -2.20. The molecule has 6 nitrogen and oxygen atoms in total. The van der Waals surface area contributed by atoms with E-state index in [2.05, 4.69) is 45.4 Å². The molecule has 0 aliphatic heterocycles. The van der Waals surface area contributed by atoms with E-state index in [4.69, 9.17) is 4.98 Å². The van der Waals surface area contributed by atoms with Crippen LogP contribution >= 0.6 is 15.9 Å².